The molecule has 0 radical (unpaired) electrons. The smallest absolute Gasteiger partial charge is 0.272 e. The average Bonchev–Trinajstić information content (AvgIpc) is 2.97. The third-order valence-electron chi connectivity index (χ3n) is 2.87. The quantitative estimate of drug-likeness (QED) is 0.850. The molecule has 0 fully saturated rings. The Morgan fingerprint density at radius 2 is 2.10 bits per heavy atom. The molecule has 0 aliphatic rings. The Hall–Kier alpha value is -2.39. The maximum atomic E-state index is 13.0. The number of anilines is 1. The van der Waals surface area contributed by atoms with Crippen molar-refractivity contribution >= 4 is 22.9 Å². The first kappa shape index (κ1) is 15.0. The van der Waals surface area contributed by atoms with E-state index in [0.29, 0.717) is 16.3 Å². The molecule has 1 heterocycles. The fourth-order valence-electron chi connectivity index (χ4n) is 1.87. The molecule has 0 unspecified atom stereocenters. The van der Waals surface area contributed by atoms with E-state index in [1.165, 1.54) is 47.6 Å². The van der Waals surface area contributed by atoms with Crippen molar-refractivity contribution in [3.63, 3.8) is 0 Å². The van der Waals surface area contributed by atoms with Gasteiger partial charge in [0.1, 0.15) is 16.4 Å². The van der Waals surface area contributed by atoms with Crippen molar-refractivity contribution in [2.75, 3.05) is 18.6 Å². The van der Waals surface area contributed by atoms with Gasteiger partial charge in [0.25, 0.3) is 5.91 Å². The van der Waals surface area contributed by atoms with Gasteiger partial charge < -0.3 is 9.64 Å². The lowest BCUT2D eigenvalue weighted by molar-refractivity contribution is 0.0988. The third kappa shape index (κ3) is 3.38. The SMILES string of the molecule is COc1ccsc1C(=O)N(CCC#N)c1ccc(F)cc1. The molecule has 0 spiro atoms. The van der Waals surface area contributed by atoms with E-state index in [9.17, 15) is 9.18 Å². The van der Waals surface area contributed by atoms with Gasteiger partial charge in [0.05, 0.1) is 19.6 Å². The van der Waals surface area contributed by atoms with Crippen molar-refractivity contribution in [2.45, 2.75) is 6.42 Å². The number of carbonyl (C=O) groups is 1. The van der Waals surface area contributed by atoms with Crippen LogP contribution in [0.3, 0.4) is 0 Å². The van der Waals surface area contributed by atoms with Crippen LogP contribution in [0.25, 0.3) is 0 Å². The Labute approximate surface area is 126 Å². The van der Waals surface area contributed by atoms with Gasteiger partial charge in [-0.3, -0.25) is 4.79 Å². The molecule has 2 aromatic rings. The van der Waals surface area contributed by atoms with Gasteiger partial charge in [0.15, 0.2) is 0 Å². The van der Waals surface area contributed by atoms with Gasteiger partial charge in [0, 0.05) is 12.2 Å². The molecular formula is C15H13FN2O2S. The number of halogens is 1. The van der Waals surface area contributed by atoms with Gasteiger partial charge in [-0.15, -0.1) is 11.3 Å². The highest BCUT2D eigenvalue weighted by Crippen LogP contribution is 2.28. The fourth-order valence-corrected chi connectivity index (χ4v) is 2.67. The van der Waals surface area contributed by atoms with Crippen molar-refractivity contribution in [1.82, 2.24) is 0 Å². The minimum absolute atomic E-state index is 0.191. The lowest BCUT2D eigenvalue weighted by atomic mass is 10.2. The highest BCUT2D eigenvalue weighted by atomic mass is 32.1. The maximum absolute atomic E-state index is 13.0. The number of ether oxygens (including phenoxy) is 1. The fraction of sp³-hybridized carbons (Fsp3) is 0.200. The second-order valence-corrected chi connectivity index (χ2v) is 5.08. The van der Waals surface area contributed by atoms with E-state index in [1.54, 1.807) is 11.4 Å². The van der Waals surface area contributed by atoms with Crippen molar-refractivity contribution in [1.29, 1.82) is 5.26 Å². The summed E-state index contributed by atoms with van der Waals surface area (Å²) in [5.41, 5.74) is 0.548. The first-order chi connectivity index (χ1) is 10.2. The summed E-state index contributed by atoms with van der Waals surface area (Å²) in [5.74, 6) is -0.141. The molecule has 2 rings (SSSR count). The minimum Gasteiger partial charge on any atom is -0.495 e. The first-order valence-electron chi connectivity index (χ1n) is 6.23. The zero-order chi connectivity index (χ0) is 15.2. The number of benzene rings is 1. The Bertz CT molecular complexity index is 661. The van der Waals surface area contributed by atoms with Gasteiger partial charge in [-0.05, 0) is 35.7 Å². The summed E-state index contributed by atoms with van der Waals surface area (Å²) in [6.07, 6.45) is 0.191. The number of nitriles is 1. The minimum atomic E-state index is -0.375. The number of nitrogens with zero attached hydrogens (tertiary/aromatic N) is 2. The summed E-state index contributed by atoms with van der Waals surface area (Å²) in [6, 6.07) is 9.33. The lowest BCUT2D eigenvalue weighted by Gasteiger charge is -2.21. The molecule has 1 amide bonds. The van der Waals surface area contributed by atoms with Crippen molar-refractivity contribution in [2.24, 2.45) is 0 Å². The van der Waals surface area contributed by atoms with E-state index in [4.69, 9.17) is 10.00 Å². The molecule has 0 atom stereocenters. The normalized spacial score (nSPS) is 9.95. The van der Waals surface area contributed by atoms with Gasteiger partial charge >= 0.3 is 0 Å². The van der Waals surface area contributed by atoms with Crippen molar-refractivity contribution < 1.29 is 13.9 Å². The Morgan fingerprint density at radius 3 is 2.71 bits per heavy atom. The molecule has 0 aliphatic carbocycles. The monoisotopic (exact) mass is 304 g/mol. The van der Waals surface area contributed by atoms with Crippen LogP contribution in [0.2, 0.25) is 0 Å². The van der Waals surface area contributed by atoms with Crippen LogP contribution in [0, 0.1) is 17.1 Å². The maximum Gasteiger partial charge on any atom is 0.272 e. The molecule has 108 valence electrons. The molecule has 0 N–H and O–H groups in total. The number of rotatable bonds is 5. The number of carbonyl (C=O) groups excluding carboxylic acids is 1. The van der Waals surface area contributed by atoms with E-state index in [-0.39, 0.29) is 24.7 Å². The van der Waals surface area contributed by atoms with Crippen LogP contribution >= 0.6 is 11.3 Å². The predicted molar refractivity (Wildman–Crippen MR) is 79.2 cm³/mol. The van der Waals surface area contributed by atoms with Gasteiger partial charge in [-0.2, -0.15) is 5.26 Å². The molecular weight excluding hydrogens is 291 g/mol. The van der Waals surface area contributed by atoms with Gasteiger partial charge in [-0.25, -0.2) is 4.39 Å². The summed E-state index contributed by atoms with van der Waals surface area (Å²) >= 11 is 1.27. The van der Waals surface area contributed by atoms with Gasteiger partial charge in [-0.1, -0.05) is 0 Å². The summed E-state index contributed by atoms with van der Waals surface area (Å²) in [5, 5.41) is 10.5. The zero-order valence-electron chi connectivity index (χ0n) is 11.4. The molecule has 0 aliphatic heterocycles. The summed E-state index contributed by atoms with van der Waals surface area (Å²) < 4.78 is 18.2. The van der Waals surface area contributed by atoms with E-state index in [0.717, 1.165) is 0 Å². The second kappa shape index (κ2) is 6.86. The molecule has 1 aromatic heterocycles. The molecule has 0 saturated heterocycles. The zero-order valence-corrected chi connectivity index (χ0v) is 12.2. The Balaban J connectivity index is 2.33. The third-order valence-corrected chi connectivity index (χ3v) is 3.76. The van der Waals surface area contributed by atoms with Crippen LogP contribution in [0.4, 0.5) is 10.1 Å². The molecule has 6 heteroatoms. The molecule has 4 nitrogen and oxygen atoms in total. The van der Waals surface area contributed by atoms with Crippen LogP contribution in [-0.2, 0) is 0 Å². The standard InChI is InChI=1S/C15H13FN2O2S/c1-20-13-7-10-21-14(13)15(19)18(9-2-8-17)12-5-3-11(16)4-6-12/h3-7,10H,2,9H2,1H3. The van der Waals surface area contributed by atoms with Crippen molar-refractivity contribution in [3.8, 4) is 11.8 Å². The van der Waals surface area contributed by atoms with Crippen LogP contribution in [0.5, 0.6) is 5.75 Å². The number of hydrogen-bond acceptors (Lipinski definition) is 4. The Kier molecular flexibility index (Phi) is 4.90. The van der Waals surface area contributed by atoms with Crippen LogP contribution in [-0.4, -0.2) is 19.6 Å². The lowest BCUT2D eigenvalue weighted by Crippen LogP contribution is -2.31. The van der Waals surface area contributed by atoms with E-state index < -0.39 is 0 Å². The molecule has 1 aromatic carbocycles. The highest BCUT2D eigenvalue weighted by Gasteiger charge is 2.22. The van der Waals surface area contributed by atoms with Crippen LogP contribution < -0.4 is 9.64 Å². The van der Waals surface area contributed by atoms with E-state index in [1.807, 2.05) is 6.07 Å². The summed E-state index contributed by atoms with van der Waals surface area (Å²) in [7, 11) is 1.50. The van der Waals surface area contributed by atoms with Gasteiger partial charge in [0.2, 0.25) is 0 Å². The highest BCUT2D eigenvalue weighted by molar-refractivity contribution is 7.12. The Morgan fingerprint density at radius 1 is 1.38 bits per heavy atom. The summed E-state index contributed by atoms with van der Waals surface area (Å²) in [6.45, 7) is 0.238. The van der Waals surface area contributed by atoms with Crippen LogP contribution in [0.1, 0.15) is 16.1 Å². The first-order valence-corrected chi connectivity index (χ1v) is 7.11. The van der Waals surface area contributed by atoms with E-state index in [2.05, 4.69) is 0 Å². The van der Waals surface area contributed by atoms with Crippen molar-refractivity contribution in [3.05, 3.63) is 46.4 Å². The average molecular weight is 304 g/mol. The summed E-state index contributed by atoms with van der Waals surface area (Å²) in [4.78, 5) is 14.5. The second-order valence-electron chi connectivity index (χ2n) is 4.16. The topological polar surface area (TPSA) is 53.3 Å². The largest absolute Gasteiger partial charge is 0.495 e. The predicted octanol–water partition coefficient (Wildman–Crippen LogP) is 3.46. The number of thiophene rings is 1. The van der Waals surface area contributed by atoms with Crippen LogP contribution in [0.15, 0.2) is 35.7 Å². The molecule has 0 saturated carbocycles. The number of hydrogen-bond donors (Lipinski definition) is 0. The number of amides is 1. The number of methoxy groups -OCH3 is 1. The molecule has 21 heavy (non-hydrogen) atoms. The molecule has 0 bridgehead atoms. The van der Waals surface area contributed by atoms with E-state index >= 15 is 0 Å².